The van der Waals surface area contributed by atoms with E-state index in [-0.39, 0.29) is 17.1 Å². The Balaban J connectivity index is 1.59. The van der Waals surface area contributed by atoms with Crippen LogP contribution in [0.2, 0.25) is 0 Å². The first-order valence-electron chi connectivity index (χ1n) is 9.64. The summed E-state index contributed by atoms with van der Waals surface area (Å²) in [7, 11) is 0. The first-order valence-corrected chi connectivity index (χ1v) is 9.64. The second-order valence-electron chi connectivity index (χ2n) is 8.33. The Labute approximate surface area is 170 Å². The number of imidazole rings is 1. The van der Waals surface area contributed by atoms with Gasteiger partial charge >= 0.3 is 11.8 Å². The number of aromatic amines is 1. The van der Waals surface area contributed by atoms with E-state index in [0.29, 0.717) is 35.8 Å². The number of halogens is 1. The van der Waals surface area contributed by atoms with Crippen LogP contribution in [0.5, 0.6) is 0 Å². The van der Waals surface area contributed by atoms with Crippen molar-refractivity contribution in [3.05, 3.63) is 65.4 Å². The highest BCUT2D eigenvalue weighted by molar-refractivity contribution is 5.90. The molecule has 154 valence electrons. The summed E-state index contributed by atoms with van der Waals surface area (Å²) in [6, 6.07) is 3.99. The van der Waals surface area contributed by atoms with Crippen LogP contribution in [0.25, 0.3) is 5.52 Å². The number of carbonyl (C=O) groups is 1. The van der Waals surface area contributed by atoms with Crippen molar-refractivity contribution in [1.29, 1.82) is 0 Å². The van der Waals surface area contributed by atoms with E-state index in [0.717, 1.165) is 5.69 Å². The van der Waals surface area contributed by atoms with Gasteiger partial charge in [0.2, 0.25) is 5.89 Å². The third-order valence-corrected chi connectivity index (χ3v) is 5.18. The van der Waals surface area contributed by atoms with Gasteiger partial charge in [-0.1, -0.05) is 20.8 Å². The molecule has 0 spiro atoms. The van der Waals surface area contributed by atoms with Gasteiger partial charge in [-0.2, -0.15) is 5.10 Å². The molecule has 9 nitrogen and oxygen atoms in total. The number of rotatable bonds is 2. The molecule has 0 fully saturated rings. The molecule has 30 heavy (non-hydrogen) atoms. The standard InChI is InChI=1S/C20H20FN7O2/c1-20(2,3)19-25-24-17(30-19)18(29)27-8-6-12-15(23-10-22-12)16(27)13-9-14-11(21)5-4-7-28(14)26-13/h4-5,7,9-10,16H,6,8H2,1-3H3,(H,22,23)/t16-/m0/s1. The summed E-state index contributed by atoms with van der Waals surface area (Å²) in [5.74, 6) is -0.499. The largest absolute Gasteiger partial charge is 0.416 e. The molecule has 1 aliphatic heterocycles. The van der Waals surface area contributed by atoms with Crippen molar-refractivity contribution < 1.29 is 13.6 Å². The second-order valence-corrected chi connectivity index (χ2v) is 8.33. The van der Waals surface area contributed by atoms with Crippen molar-refractivity contribution >= 4 is 11.4 Å². The molecule has 0 bridgehead atoms. The molecule has 4 aromatic heterocycles. The lowest BCUT2D eigenvalue weighted by Gasteiger charge is -2.32. The van der Waals surface area contributed by atoms with E-state index in [4.69, 9.17) is 4.42 Å². The third kappa shape index (κ3) is 2.87. The van der Waals surface area contributed by atoms with Gasteiger partial charge in [-0.25, -0.2) is 13.9 Å². The van der Waals surface area contributed by atoms with Gasteiger partial charge in [-0.3, -0.25) is 4.79 Å². The number of fused-ring (bicyclic) bond motifs is 2. The maximum atomic E-state index is 14.2. The van der Waals surface area contributed by atoms with Gasteiger partial charge in [0.05, 0.1) is 17.7 Å². The lowest BCUT2D eigenvalue weighted by atomic mass is 9.97. The molecule has 0 aromatic carbocycles. The maximum absolute atomic E-state index is 14.2. The summed E-state index contributed by atoms with van der Waals surface area (Å²) >= 11 is 0. The van der Waals surface area contributed by atoms with Crippen LogP contribution >= 0.6 is 0 Å². The summed E-state index contributed by atoms with van der Waals surface area (Å²) < 4.78 is 21.4. The molecule has 0 unspecified atom stereocenters. The first-order chi connectivity index (χ1) is 14.3. The Morgan fingerprint density at radius 1 is 1.33 bits per heavy atom. The second kappa shape index (κ2) is 6.48. The van der Waals surface area contributed by atoms with Crippen LogP contribution in [0, 0.1) is 5.82 Å². The molecule has 1 amide bonds. The molecular formula is C20H20FN7O2. The Bertz CT molecular complexity index is 1250. The van der Waals surface area contributed by atoms with E-state index in [1.54, 1.807) is 29.6 Å². The number of nitrogens with one attached hydrogen (secondary N) is 1. The Kier molecular flexibility index (Phi) is 3.99. The minimum atomic E-state index is -0.600. The van der Waals surface area contributed by atoms with Crippen LogP contribution in [0.15, 0.2) is 35.1 Å². The molecule has 5 rings (SSSR count). The van der Waals surface area contributed by atoms with Crippen molar-refractivity contribution in [2.75, 3.05) is 6.54 Å². The van der Waals surface area contributed by atoms with Crippen LogP contribution in [0.1, 0.15) is 60.5 Å². The summed E-state index contributed by atoms with van der Waals surface area (Å²) in [6.45, 7) is 6.20. The Hall–Kier alpha value is -3.56. The number of hydrogen-bond donors (Lipinski definition) is 1. The van der Waals surface area contributed by atoms with Crippen LogP contribution < -0.4 is 0 Å². The Morgan fingerprint density at radius 3 is 2.90 bits per heavy atom. The molecule has 10 heteroatoms. The SMILES string of the molecule is CC(C)(C)c1nnc(C(=O)N2CCc3[nH]cnc3[C@@H]2c2cc3c(F)cccn3n2)o1. The Morgan fingerprint density at radius 2 is 2.17 bits per heavy atom. The number of hydrogen-bond acceptors (Lipinski definition) is 6. The summed E-state index contributed by atoms with van der Waals surface area (Å²) in [5.41, 5.74) is 2.06. The van der Waals surface area contributed by atoms with Crippen LogP contribution in [-0.4, -0.2) is 47.1 Å². The van der Waals surface area contributed by atoms with Gasteiger partial charge in [0, 0.05) is 30.3 Å². The number of H-pyrrole nitrogens is 1. The zero-order valence-corrected chi connectivity index (χ0v) is 16.8. The molecule has 1 N–H and O–H groups in total. The van der Waals surface area contributed by atoms with E-state index < -0.39 is 11.9 Å². The number of nitrogens with zero attached hydrogens (tertiary/aromatic N) is 6. The zero-order valence-electron chi connectivity index (χ0n) is 16.8. The van der Waals surface area contributed by atoms with E-state index >= 15 is 0 Å². The molecule has 0 saturated heterocycles. The first kappa shape index (κ1) is 18.5. The van der Waals surface area contributed by atoms with Gasteiger partial charge in [0.15, 0.2) is 0 Å². The monoisotopic (exact) mass is 409 g/mol. The molecule has 4 aromatic rings. The minimum Gasteiger partial charge on any atom is -0.416 e. The number of carbonyl (C=O) groups excluding carboxylic acids is 1. The summed E-state index contributed by atoms with van der Waals surface area (Å²) in [5, 5.41) is 12.5. The number of pyridine rings is 1. The van der Waals surface area contributed by atoms with E-state index in [2.05, 4.69) is 25.3 Å². The fourth-order valence-electron chi connectivity index (χ4n) is 3.66. The van der Waals surface area contributed by atoms with E-state index in [1.165, 1.54) is 10.6 Å². The minimum absolute atomic E-state index is 0.0844. The molecule has 1 aliphatic rings. The van der Waals surface area contributed by atoms with Gasteiger partial charge in [-0.05, 0) is 18.2 Å². The van der Waals surface area contributed by atoms with Crippen LogP contribution in [0.3, 0.4) is 0 Å². The lowest BCUT2D eigenvalue weighted by molar-refractivity contribution is 0.0642. The van der Waals surface area contributed by atoms with Crippen molar-refractivity contribution in [2.45, 2.75) is 38.6 Å². The smallest absolute Gasteiger partial charge is 0.312 e. The average Bonchev–Trinajstić information content (AvgIpc) is 3.44. The van der Waals surface area contributed by atoms with Gasteiger partial charge < -0.3 is 14.3 Å². The predicted octanol–water partition coefficient (Wildman–Crippen LogP) is 2.66. The van der Waals surface area contributed by atoms with Crippen molar-refractivity contribution in [2.24, 2.45) is 0 Å². The third-order valence-electron chi connectivity index (χ3n) is 5.18. The van der Waals surface area contributed by atoms with Crippen LogP contribution in [-0.2, 0) is 11.8 Å². The molecule has 0 aliphatic carbocycles. The quantitative estimate of drug-likeness (QED) is 0.546. The van der Waals surface area contributed by atoms with Crippen molar-refractivity contribution in [1.82, 2.24) is 34.7 Å². The highest BCUT2D eigenvalue weighted by Crippen LogP contribution is 2.34. The lowest BCUT2D eigenvalue weighted by Crippen LogP contribution is -2.41. The molecule has 0 saturated carbocycles. The van der Waals surface area contributed by atoms with E-state index in [1.807, 2.05) is 20.8 Å². The fraction of sp³-hybridized carbons (Fsp3) is 0.350. The highest BCUT2D eigenvalue weighted by atomic mass is 19.1. The number of amides is 1. The highest BCUT2D eigenvalue weighted by Gasteiger charge is 2.38. The maximum Gasteiger partial charge on any atom is 0.312 e. The molecule has 5 heterocycles. The van der Waals surface area contributed by atoms with Crippen molar-refractivity contribution in [3.63, 3.8) is 0 Å². The summed E-state index contributed by atoms with van der Waals surface area (Å²) in [4.78, 5) is 22.5. The molecular weight excluding hydrogens is 389 g/mol. The average molecular weight is 409 g/mol. The van der Waals surface area contributed by atoms with Gasteiger partial charge in [0.1, 0.15) is 17.4 Å². The van der Waals surface area contributed by atoms with Crippen LogP contribution in [0.4, 0.5) is 4.39 Å². The normalized spacial score (nSPS) is 16.8. The fourth-order valence-corrected chi connectivity index (χ4v) is 3.66. The topological polar surface area (TPSA) is 105 Å². The van der Waals surface area contributed by atoms with Crippen molar-refractivity contribution in [3.8, 4) is 0 Å². The van der Waals surface area contributed by atoms with Gasteiger partial charge in [0.25, 0.3) is 0 Å². The van der Waals surface area contributed by atoms with Gasteiger partial charge in [-0.15, -0.1) is 10.2 Å². The molecule has 1 atom stereocenters. The van der Waals surface area contributed by atoms with E-state index in [9.17, 15) is 9.18 Å². The molecule has 0 radical (unpaired) electrons. The number of aromatic nitrogens is 6. The predicted molar refractivity (Wildman–Crippen MR) is 103 cm³/mol. The summed E-state index contributed by atoms with van der Waals surface area (Å²) in [6.07, 6.45) is 3.85. The zero-order chi connectivity index (χ0) is 21.0.